The van der Waals surface area contributed by atoms with E-state index >= 15 is 0 Å². The smallest absolute Gasteiger partial charge is 0.163 e. The Morgan fingerprint density at radius 3 is 2.76 bits per heavy atom. The Hall–Kier alpha value is -1.04. The van der Waals surface area contributed by atoms with Crippen LogP contribution in [0.3, 0.4) is 0 Å². The molecule has 0 spiro atoms. The lowest BCUT2D eigenvalue weighted by Crippen LogP contribution is -2.06. The monoisotopic (exact) mass is 386 g/mol. The van der Waals surface area contributed by atoms with Gasteiger partial charge in [0.1, 0.15) is 11.3 Å². The fraction of sp³-hybridized carbons (Fsp3) is 0.286. The Morgan fingerprint density at radius 2 is 2.10 bits per heavy atom. The lowest BCUT2D eigenvalue weighted by molar-refractivity contribution is 0.750. The summed E-state index contributed by atoms with van der Waals surface area (Å²) in [7, 11) is 1.92. The zero-order chi connectivity index (χ0) is 15.1. The molecular weight excluding hydrogens is 375 g/mol. The Bertz CT molecular complexity index is 822. The highest BCUT2D eigenvalue weighted by Crippen LogP contribution is 2.30. The van der Waals surface area contributed by atoms with Crippen molar-refractivity contribution in [2.45, 2.75) is 13.3 Å². The van der Waals surface area contributed by atoms with Crippen LogP contribution in [0.2, 0.25) is 5.02 Å². The van der Waals surface area contributed by atoms with Crippen LogP contribution >= 0.6 is 39.1 Å². The first kappa shape index (κ1) is 14.9. The SMILES string of the molecule is Cc1nn(C)c2c1nc(CCCl)n2-c1ccc(Cl)cc1Br. The zero-order valence-corrected chi connectivity index (χ0v) is 14.7. The molecule has 7 heteroatoms. The molecule has 110 valence electrons. The van der Waals surface area contributed by atoms with Crippen LogP contribution in [0.25, 0.3) is 16.9 Å². The second kappa shape index (κ2) is 5.63. The van der Waals surface area contributed by atoms with Gasteiger partial charge in [0, 0.05) is 28.8 Å². The molecule has 0 radical (unpaired) electrons. The number of imidazole rings is 1. The maximum atomic E-state index is 6.04. The molecule has 2 heterocycles. The summed E-state index contributed by atoms with van der Waals surface area (Å²) in [5.74, 6) is 1.43. The van der Waals surface area contributed by atoms with E-state index < -0.39 is 0 Å². The van der Waals surface area contributed by atoms with Crippen molar-refractivity contribution in [3.8, 4) is 5.69 Å². The average Bonchev–Trinajstić information content (AvgIpc) is 2.90. The first-order chi connectivity index (χ1) is 10.0. The minimum atomic E-state index is 0.515. The number of nitrogens with zero attached hydrogens (tertiary/aromatic N) is 4. The number of aromatic nitrogens is 4. The maximum Gasteiger partial charge on any atom is 0.163 e. The van der Waals surface area contributed by atoms with Crippen molar-refractivity contribution in [1.82, 2.24) is 19.3 Å². The van der Waals surface area contributed by atoms with E-state index in [0.717, 1.165) is 32.8 Å². The van der Waals surface area contributed by atoms with Crippen LogP contribution in [0.5, 0.6) is 0 Å². The molecule has 2 aromatic heterocycles. The third kappa shape index (κ3) is 2.47. The number of halogens is 3. The molecular formula is C14H13BrCl2N4. The van der Waals surface area contributed by atoms with E-state index in [0.29, 0.717) is 17.3 Å². The van der Waals surface area contributed by atoms with Crippen LogP contribution in [-0.2, 0) is 13.5 Å². The van der Waals surface area contributed by atoms with Gasteiger partial charge in [0.15, 0.2) is 5.65 Å². The molecule has 4 nitrogen and oxygen atoms in total. The van der Waals surface area contributed by atoms with E-state index in [2.05, 4.69) is 25.6 Å². The fourth-order valence-electron chi connectivity index (χ4n) is 2.49. The molecule has 0 unspecified atom stereocenters. The van der Waals surface area contributed by atoms with Gasteiger partial charge in [-0.25, -0.2) is 9.67 Å². The third-order valence-corrected chi connectivity index (χ3v) is 4.40. The predicted octanol–water partition coefficient (Wildman–Crippen LogP) is 4.26. The minimum absolute atomic E-state index is 0.515. The summed E-state index contributed by atoms with van der Waals surface area (Å²) < 4.78 is 4.83. The second-order valence-electron chi connectivity index (χ2n) is 4.78. The zero-order valence-electron chi connectivity index (χ0n) is 11.6. The van der Waals surface area contributed by atoms with E-state index in [-0.39, 0.29) is 0 Å². The predicted molar refractivity (Wildman–Crippen MR) is 89.7 cm³/mol. The number of alkyl halides is 1. The molecule has 0 fully saturated rings. The van der Waals surface area contributed by atoms with Crippen molar-refractivity contribution in [3.05, 3.63) is 39.2 Å². The van der Waals surface area contributed by atoms with Gasteiger partial charge in [0.05, 0.1) is 11.4 Å². The van der Waals surface area contributed by atoms with Gasteiger partial charge >= 0.3 is 0 Å². The molecule has 0 atom stereocenters. The molecule has 0 aliphatic rings. The molecule has 0 saturated heterocycles. The first-order valence-corrected chi connectivity index (χ1v) is 8.15. The largest absolute Gasteiger partial charge is 0.280 e. The number of fused-ring (bicyclic) bond motifs is 1. The molecule has 0 bridgehead atoms. The normalized spacial score (nSPS) is 11.5. The van der Waals surface area contributed by atoms with Crippen LogP contribution < -0.4 is 0 Å². The van der Waals surface area contributed by atoms with Crippen LogP contribution in [0.4, 0.5) is 0 Å². The highest BCUT2D eigenvalue weighted by atomic mass is 79.9. The van der Waals surface area contributed by atoms with Gasteiger partial charge in [-0.15, -0.1) is 11.6 Å². The summed E-state index contributed by atoms with van der Waals surface area (Å²) in [4.78, 5) is 4.70. The molecule has 0 aliphatic carbocycles. The highest BCUT2D eigenvalue weighted by Gasteiger charge is 2.19. The number of aryl methyl sites for hydroxylation is 3. The Labute approximate surface area is 140 Å². The van der Waals surface area contributed by atoms with E-state index in [9.17, 15) is 0 Å². The van der Waals surface area contributed by atoms with Crippen molar-refractivity contribution >= 4 is 50.3 Å². The van der Waals surface area contributed by atoms with E-state index in [1.807, 2.05) is 36.9 Å². The van der Waals surface area contributed by atoms with Crippen molar-refractivity contribution in [2.75, 3.05) is 5.88 Å². The summed E-state index contributed by atoms with van der Waals surface area (Å²) >= 11 is 15.5. The summed E-state index contributed by atoms with van der Waals surface area (Å²) in [6.45, 7) is 1.96. The standard InChI is InChI=1S/C14H13BrCl2N4/c1-8-13-14(20(2)19-8)21(12(18-13)5-6-16)11-4-3-9(17)7-10(11)15/h3-4,7H,5-6H2,1-2H3. The van der Waals surface area contributed by atoms with Gasteiger partial charge < -0.3 is 0 Å². The third-order valence-electron chi connectivity index (χ3n) is 3.34. The summed E-state index contributed by atoms with van der Waals surface area (Å²) in [6.07, 6.45) is 0.685. The second-order valence-corrected chi connectivity index (χ2v) is 6.45. The lowest BCUT2D eigenvalue weighted by Gasteiger charge is -2.11. The molecule has 21 heavy (non-hydrogen) atoms. The van der Waals surface area contributed by atoms with Crippen molar-refractivity contribution < 1.29 is 0 Å². The molecule has 0 N–H and O–H groups in total. The highest BCUT2D eigenvalue weighted by molar-refractivity contribution is 9.10. The lowest BCUT2D eigenvalue weighted by atomic mass is 10.3. The molecule has 3 rings (SSSR count). The first-order valence-electron chi connectivity index (χ1n) is 6.45. The number of hydrogen-bond donors (Lipinski definition) is 0. The molecule has 0 aliphatic heterocycles. The summed E-state index contributed by atoms with van der Waals surface area (Å²) in [5, 5.41) is 5.13. The van der Waals surface area contributed by atoms with Gasteiger partial charge in [-0.3, -0.25) is 4.57 Å². The van der Waals surface area contributed by atoms with E-state index in [1.165, 1.54) is 0 Å². The molecule has 3 aromatic rings. The summed E-state index contributed by atoms with van der Waals surface area (Å²) in [5.41, 5.74) is 3.74. The van der Waals surface area contributed by atoms with Crippen LogP contribution in [0.1, 0.15) is 11.5 Å². The number of benzene rings is 1. The van der Waals surface area contributed by atoms with Crippen LogP contribution in [0.15, 0.2) is 22.7 Å². The number of rotatable bonds is 3. The Kier molecular flexibility index (Phi) is 3.99. The van der Waals surface area contributed by atoms with Gasteiger partial charge in [-0.1, -0.05) is 11.6 Å². The van der Waals surface area contributed by atoms with Crippen molar-refractivity contribution in [1.29, 1.82) is 0 Å². The topological polar surface area (TPSA) is 35.6 Å². The van der Waals surface area contributed by atoms with Gasteiger partial charge in [-0.2, -0.15) is 5.10 Å². The maximum absolute atomic E-state index is 6.04. The summed E-state index contributed by atoms with van der Waals surface area (Å²) in [6, 6.07) is 5.70. The van der Waals surface area contributed by atoms with Crippen molar-refractivity contribution in [2.24, 2.45) is 7.05 Å². The van der Waals surface area contributed by atoms with E-state index in [1.54, 1.807) is 0 Å². The van der Waals surface area contributed by atoms with Crippen LogP contribution in [0, 0.1) is 6.92 Å². The molecule has 1 aromatic carbocycles. The minimum Gasteiger partial charge on any atom is -0.280 e. The van der Waals surface area contributed by atoms with E-state index in [4.69, 9.17) is 28.2 Å². The molecule has 0 saturated carbocycles. The van der Waals surface area contributed by atoms with Gasteiger partial charge in [0.25, 0.3) is 0 Å². The Balaban J connectivity index is 2.35. The average molecular weight is 388 g/mol. The Morgan fingerprint density at radius 1 is 1.33 bits per heavy atom. The van der Waals surface area contributed by atoms with Gasteiger partial charge in [0.2, 0.25) is 0 Å². The fourth-order valence-corrected chi connectivity index (χ4v) is 3.51. The van der Waals surface area contributed by atoms with Crippen LogP contribution in [-0.4, -0.2) is 25.2 Å². The quantitative estimate of drug-likeness (QED) is 0.629. The molecule has 0 amide bonds. The van der Waals surface area contributed by atoms with Gasteiger partial charge in [-0.05, 0) is 41.1 Å². The number of hydrogen-bond acceptors (Lipinski definition) is 2. The van der Waals surface area contributed by atoms with Crippen molar-refractivity contribution in [3.63, 3.8) is 0 Å².